The SMILES string of the molecule is CC(=O)O[C@@]12CO[C@@H]1C[C@H](O)[C@@]1(C)C(=O)[C@H](O)C3=C(C)CC[C@@](O)(CC12)C3(C)C. The first kappa shape index (κ1) is 21.0. The van der Waals surface area contributed by atoms with Gasteiger partial charge >= 0.3 is 5.97 Å². The fraction of sp³-hybridized carbons (Fsp3) is 0.818. The molecular formula is C22H32O7. The van der Waals surface area contributed by atoms with Crippen LogP contribution in [-0.4, -0.2) is 63.2 Å². The van der Waals surface area contributed by atoms with Gasteiger partial charge < -0.3 is 24.8 Å². The molecule has 7 nitrogen and oxygen atoms in total. The molecular weight excluding hydrogens is 376 g/mol. The molecule has 0 aromatic rings. The van der Waals surface area contributed by atoms with E-state index in [2.05, 4.69) is 0 Å². The standard InChI is InChI=1S/C22H32O7/c1-11-6-7-21(27)9-13-20(5,18(26)17(25)16(11)19(21,3)4)14(24)8-15-22(13,10-28-15)29-12(2)23/h13-15,17,24-25,27H,6-10H2,1-5H3/t13?,14-,15+,17+,20-,21+,22+/m0/s1. The van der Waals surface area contributed by atoms with Gasteiger partial charge in [0.1, 0.15) is 12.2 Å². The summed E-state index contributed by atoms with van der Waals surface area (Å²) in [6.07, 6.45) is -1.67. The molecule has 7 atom stereocenters. The van der Waals surface area contributed by atoms with E-state index < -0.39 is 58.0 Å². The van der Waals surface area contributed by atoms with Crippen molar-refractivity contribution in [1.29, 1.82) is 0 Å². The second-order valence-corrected chi connectivity index (χ2v) is 10.3. The molecule has 1 heterocycles. The largest absolute Gasteiger partial charge is 0.454 e. The molecule has 4 rings (SSSR count). The molecule has 1 unspecified atom stereocenters. The quantitative estimate of drug-likeness (QED) is 0.442. The third-order valence-corrected chi connectivity index (χ3v) is 8.64. The van der Waals surface area contributed by atoms with Crippen LogP contribution in [0.2, 0.25) is 0 Å². The van der Waals surface area contributed by atoms with Crippen LogP contribution in [0.3, 0.4) is 0 Å². The number of Topliss-reactive ketones (excluding diaryl/α,β-unsaturated/α-hetero) is 1. The minimum atomic E-state index is -1.42. The Labute approximate surface area is 171 Å². The highest BCUT2D eigenvalue weighted by molar-refractivity contribution is 5.93. The monoisotopic (exact) mass is 408 g/mol. The number of esters is 1. The van der Waals surface area contributed by atoms with Crippen molar-refractivity contribution in [3.8, 4) is 0 Å². The zero-order valence-corrected chi connectivity index (χ0v) is 17.8. The van der Waals surface area contributed by atoms with Crippen LogP contribution < -0.4 is 0 Å². The van der Waals surface area contributed by atoms with E-state index in [-0.39, 0.29) is 19.4 Å². The Morgan fingerprint density at radius 3 is 2.45 bits per heavy atom. The van der Waals surface area contributed by atoms with Gasteiger partial charge in [-0.05, 0) is 38.7 Å². The second kappa shape index (κ2) is 6.13. The molecule has 162 valence electrons. The summed E-state index contributed by atoms with van der Waals surface area (Å²) in [7, 11) is 0. The summed E-state index contributed by atoms with van der Waals surface area (Å²) in [5, 5.41) is 34.1. The number of carbonyl (C=O) groups excluding carboxylic acids is 2. The summed E-state index contributed by atoms with van der Waals surface area (Å²) in [5.41, 5.74) is -3.06. The lowest BCUT2D eigenvalue weighted by Crippen LogP contribution is -2.77. The topological polar surface area (TPSA) is 113 Å². The third kappa shape index (κ3) is 2.44. The Morgan fingerprint density at radius 2 is 1.90 bits per heavy atom. The minimum Gasteiger partial charge on any atom is -0.454 e. The Bertz CT molecular complexity index is 801. The second-order valence-electron chi connectivity index (χ2n) is 10.3. The van der Waals surface area contributed by atoms with Crippen LogP contribution >= 0.6 is 0 Å². The Balaban J connectivity index is 1.94. The van der Waals surface area contributed by atoms with Gasteiger partial charge in [-0.2, -0.15) is 0 Å². The van der Waals surface area contributed by atoms with Crippen LogP contribution in [0.25, 0.3) is 0 Å². The highest BCUT2D eigenvalue weighted by Crippen LogP contribution is 2.62. The average molecular weight is 408 g/mol. The fourth-order valence-electron chi connectivity index (χ4n) is 6.62. The van der Waals surface area contributed by atoms with Crippen LogP contribution in [0.1, 0.15) is 60.3 Å². The van der Waals surface area contributed by atoms with Gasteiger partial charge in [-0.15, -0.1) is 0 Å². The number of aliphatic hydroxyl groups excluding tert-OH is 2. The maximum absolute atomic E-state index is 13.7. The van der Waals surface area contributed by atoms with Crippen molar-refractivity contribution >= 4 is 11.8 Å². The van der Waals surface area contributed by atoms with Crippen molar-refractivity contribution in [3.63, 3.8) is 0 Å². The maximum Gasteiger partial charge on any atom is 0.303 e. The fourth-order valence-corrected chi connectivity index (χ4v) is 6.62. The summed E-state index contributed by atoms with van der Waals surface area (Å²) < 4.78 is 11.4. The molecule has 0 radical (unpaired) electrons. The molecule has 2 saturated carbocycles. The number of allylic oxidation sites excluding steroid dienone is 1. The van der Waals surface area contributed by atoms with Crippen molar-refractivity contribution in [2.45, 2.75) is 89.8 Å². The molecule has 2 bridgehead atoms. The van der Waals surface area contributed by atoms with Gasteiger partial charge in [0.2, 0.25) is 0 Å². The summed E-state index contributed by atoms with van der Waals surface area (Å²) in [5.74, 6) is -1.63. The van der Waals surface area contributed by atoms with E-state index in [0.717, 1.165) is 5.57 Å². The van der Waals surface area contributed by atoms with E-state index in [1.807, 2.05) is 20.8 Å². The average Bonchev–Trinajstić information content (AvgIpc) is 2.61. The van der Waals surface area contributed by atoms with E-state index in [1.165, 1.54) is 6.92 Å². The van der Waals surface area contributed by atoms with Crippen molar-refractivity contribution in [2.24, 2.45) is 16.7 Å². The number of hydrogen-bond donors (Lipinski definition) is 3. The Morgan fingerprint density at radius 1 is 1.24 bits per heavy atom. The summed E-state index contributed by atoms with van der Waals surface area (Å²) >= 11 is 0. The predicted octanol–water partition coefficient (Wildman–Crippen LogP) is 1.28. The molecule has 0 aromatic carbocycles. The summed E-state index contributed by atoms with van der Waals surface area (Å²) in [4.78, 5) is 25.7. The number of aliphatic hydroxyl groups is 3. The van der Waals surface area contributed by atoms with Gasteiger partial charge in [-0.25, -0.2) is 0 Å². The molecule has 7 heteroatoms. The molecule has 1 saturated heterocycles. The predicted molar refractivity (Wildman–Crippen MR) is 103 cm³/mol. The van der Waals surface area contributed by atoms with Crippen molar-refractivity contribution in [3.05, 3.63) is 11.1 Å². The van der Waals surface area contributed by atoms with Crippen LogP contribution in [0.5, 0.6) is 0 Å². The molecule has 3 N–H and O–H groups in total. The third-order valence-electron chi connectivity index (χ3n) is 8.64. The van der Waals surface area contributed by atoms with Crippen molar-refractivity contribution in [2.75, 3.05) is 6.61 Å². The number of ketones is 1. The first-order valence-electron chi connectivity index (χ1n) is 10.5. The first-order chi connectivity index (χ1) is 13.3. The lowest BCUT2D eigenvalue weighted by atomic mass is 9.46. The highest BCUT2D eigenvalue weighted by atomic mass is 16.6. The minimum absolute atomic E-state index is 0.117. The van der Waals surface area contributed by atoms with Gasteiger partial charge in [0, 0.05) is 24.7 Å². The molecule has 0 spiro atoms. The molecule has 3 aliphatic carbocycles. The van der Waals surface area contributed by atoms with Gasteiger partial charge in [0.15, 0.2) is 11.4 Å². The number of rotatable bonds is 1. The van der Waals surface area contributed by atoms with Gasteiger partial charge in [-0.3, -0.25) is 9.59 Å². The van der Waals surface area contributed by atoms with Crippen LogP contribution in [0.15, 0.2) is 11.1 Å². The van der Waals surface area contributed by atoms with Crippen LogP contribution in [0.4, 0.5) is 0 Å². The van der Waals surface area contributed by atoms with Crippen LogP contribution in [0, 0.1) is 16.7 Å². The summed E-state index contributed by atoms with van der Waals surface area (Å²) in [6, 6.07) is 0. The molecule has 0 amide bonds. The molecule has 4 aliphatic rings. The number of fused-ring (bicyclic) bond motifs is 5. The normalized spacial score (nSPS) is 48.6. The summed E-state index contributed by atoms with van der Waals surface area (Å²) in [6.45, 7) is 8.68. The lowest BCUT2D eigenvalue weighted by Gasteiger charge is -2.65. The van der Waals surface area contributed by atoms with Gasteiger partial charge in [-0.1, -0.05) is 19.4 Å². The van der Waals surface area contributed by atoms with Crippen molar-refractivity contribution < 1.29 is 34.4 Å². The van der Waals surface area contributed by atoms with E-state index in [9.17, 15) is 24.9 Å². The molecule has 1 aliphatic heterocycles. The number of ether oxygens (including phenoxy) is 2. The zero-order chi connectivity index (χ0) is 21.6. The zero-order valence-electron chi connectivity index (χ0n) is 17.8. The maximum atomic E-state index is 13.7. The first-order valence-corrected chi connectivity index (χ1v) is 10.5. The number of hydrogen-bond acceptors (Lipinski definition) is 7. The van der Waals surface area contributed by atoms with Crippen molar-refractivity contribution in [1.82, 2.24) is 0 Å². The Hall–Kier alpha value is -1.28. The van der Waals surface area contributed by atoms with Crippen LogP contribution in [-0.2, 0) is 19.1 Å². The molecule has 0 aromatic heterocycles. The van der Waals surface area contributed by atoms with E-state index in [0.29, 0.717) is 18.4 Å². The van der Waals surface area contributed by atoms with E-state index in [1.54, 1.807) is 6.92 Å². The molecule has 29 heavy (non-hydrogen) atoms. The van der Waals surface area contributed by atoms with E-state index in [4.69, 9.17) is 9.47 Å². The number of carbonyl (C=O) groups is 2. The Kier molecular flexibility index (Phi) is 4.43. The van der Waals surface area contributed by atoms with Gasteiger partial charge in [0.25, 0.3) is 0 Å². The highest BCUT2D eigenvalue weighted by Gasteiger charge is 2.73. The smallest absolute Gasteiger partial charge is 0.303 e. The van der Waals surface area contributed by atoms with Gasteiger partial charge in [0.05, 0.1) is 23.7 Å². The molecule has 3 fully saturated rings. The lowest BCUT2D eigenvalue weighted by molar-refractivity contribution is -0.327. The van der Waals surface area contributed by atoms with E-state index >= 15 is 0 Å².